The summed E-state index contributed by atoms with van der Waals surface area (Å²) in [6.07, 6.45) is -0.748. The highest BCUT2D eigenvalue weighted by Gasteiger charge is 2.15. The fourth-order valence-electron chi connectivity index (χ4n) is 1.77. The summed E-state index contributed by atoms with van der Waals surface area (Å²) in [6, 6.07) is 12.7. The summed E-state index contributed by atoms with van der Waals surface area (Å²) < 4.78 is 0. The molecule has 0 saturated heterocycles. The molecule has 0 aliphatic heterocycles. The molecule has 2 aromatic carbocycles. The average Bonchev–Trinajstić information content (AvgIpc) is 2.32. The van der Waals surface area contributed by atoms with E-state index in [1.165, 1.54) is 0 Å². The highest BCUT2D eigenvalue weighted by Crippen LogP contribution is 2.31. The van der Waals surface area contributed by atoms with Gasteiger partial charge in [0.2, 0.25) is 0 Å². The van der Waals surface area contributed by atoms with Crippen molar-refractivity contribution in [1.29, 1.82) is 0 Å². The Kier molecular flexibility index (Phi) is 3.72. The van der Waals surface area contributed by atoms with Crippen LogP contribution in [0, 0.1) is 6.92 Å². The summed E-state index contributed by atoms with van der Waals surface area (Å²) in [6.45, 7) is 1.94. The number of aliphatic hydroxyl groups excluding tert-OH is 1. The number of benzene rings is 2. The lowest BCUT2D eigenvalue weighted by Crippen LogP contribution is -2.02. The summed E-state index contributed by atoms with van der Waals surface area (Å²) >= 11 is 12.0. The lowest BCUT2D eigenvalue weighted by atomic mass is 9.97. The first-order valence-electron chi connectivity index (χ1n) is 5.28. The molecule has 88 valence electrons. The summed E-state index contributed by atoms with van der Waals surface area (Å²) in [5.41, 5.74) is 2.46. The first kappa shape index (κ1) is 12.4. The topological polar surface area (TPSA) is 20.2 Å². The summed E-state index contributed by atoms with van der Waals surface area (Å²) in [4.78, 5) is 0. The summed E-state index contributed by atoms with van der Waals surface area (Å²) in [7, 11) is 0. The number of aryl methyl sites for hydroxylation is 1. The van der Waals surface area contributed by atoms with Crippen LogP contribution in [0.25, 0.3) is 0 Å². The van der Waals surface area contributed by atoms with Crippen LogP contribution in [0.1, 0.15) is 22.8 Å². The van der Waals surface area contributed by atoms with Gasteiger partial charge in [-0.15, -0.1) is 0 Å². The van der Waals surface area contributed by atoms with Gasteiger partial charge >= 0.3 is 0 Å². The minimum atomic E-state index is -0.748. The number of hydrogen-bond acceptors (Lipinski definition) is 1. The Morgan fingerprint density at radius 1 is 1.00 bits per heavy atom. The highest BCUT2D eigenvalue weighted by atomic mass is 35.5. The molecule has 0 fully saturated rings. The van der Waals surface area contributed by atoms with Crippen molar-refractivity contribution >= 4 is 23.2 Å². The van der Waals surface area contributed by atoms with Crippen LogP contribution in [0.2, 0.25) is 10.0 Å². The fourth-order valence-corrected chi connectivity index (χ4v) is 2.19. The maximum Gasteiger partial charge on any atom is 0.106 e. The molecule has 0 amide bonds. The molecular weight excluding hydrogens is 255 g/mol. The zero-order valence-corrected chi connectivity index (χ0v) is 10.8. The Morgan fingerprint density at radius 2 is 1.71 bits per heavy atom. The monoisotopic (exact) mass is 266 g/mol. The van der Waals surface area contributed by atoms with E-state index in [9.17, 15) is 5.11 Å². The molecule has 2 rings (SSSR count). The van der Waals surface area contributed by atoms with Gasteiger partial charge in [0, 0.05) is 15.6 Å². The maximum absolute atomic E-state index is 10.3. The molecule has 0 aromatic heterocycles. The molecule has 0 aliphatic rings. The summed E-state index contributed by atoms with van der Waals surface area (Å²) in [5, 5.41) is 11.5. The van der Waals surface area contributed by atoms with Gasteiger partial charge in [0.15, 0.2) is 0 Å². The van der Waals surface area contributed by atoms with E-state index in [4.69, 9.17) is 23.2 Å². The average molecular weight is 267 g/mol. The second-order valence-corrected chi connectivity index (χ2v) is 4.77. The lowest BCUT2D eigenvalue weighted by molar-refractivity contribution is 0.219. The molecule has 1 nitrogen and oxygen atoms in total. The summed E-state index contributed by atoms with van der Waals surface area (Å²) in [5.74, 6) is 0. The van der Waals surface area contributed by atoms with Crippen molar-refractivity contribution in [3.63, 3.8) is 0 Å². The van der Waals surface area contributed by atoms with Crippen molar-refractivity contribution in [3.8, 4) is 0 Å². The molecule has 0 aliphatic carbocycles. The molecule has 1 unspecified atom stereocenters. The van der Waals surface area contributed by atoms with Gasteiger partial charge in [0.05, 0.1) is 0 Å². The van der Waals surface area contributed by atoms with E-state index in [0.29, 0.717) is 15.6 Å². The van der Waals surface area contributed by atoms with Gasteiger partial charge in [-0.05, 0) is 36.2 Å². The van der Waals surface area contributed by atoms with E-state index in [2.05, 4.69) is 0 Å². The van der Waals surface area contributed by atoms with Crippen molar-refractivity contribution in [1.82, 2.24) is 0 Å². The van der Waals surface area contributed by atoms with Gasteiger partial charge in [0.1, 0.15) is 6.10 Å². The number of rotatable bonds is 2. The smallest absolute Gasteiger partial charge is 0.106 e. The molecule has 3 heteroatoms. The first-order chi connectivity index (χ1) is 8.09. The third-order valence-electron chi connectivity index (χ3n) is 2.74. The van der Waals surface area contributed by atoms with Crippen molar-refractivity contribution in [2.45, 2.75) is 13.0 Å². The van der Waals surface area contributed by atoms with Crippen LogP contribution >= 0.6 is 23.2 Å². The highest BCUT2D eigenvalue weighted by molar-refractivity contribution is 6.31. The normalized spacial score (nSPS) is 12.5. The fraction of sp³-hybridized carbons (Fsp3) is 0.143. The molecule has 2 aromatic rings. The molecule has 0 radical (unpaired) electrons. The van der Waals surface area contributed by atoms with Gasteiger partial charge in [-0.2, -0.15) is 0 Å². The van der Waals surface area contributed by atoms with Crippen LogP contribution < -0.4 is 0 Å². The van der Waals surface area contributed by atoms with Crippen LogP contribution in [0.15, 0.2) is 42.5 Å². The molecular formula is C14H12Cl2O. The molecule has 1 N–H and O–H groups in total. The van der Waals surface area contributed by atoms with Gasteiger partial charge in [-0.3, -0.25) is 0 Å². The predicted molar refractivity (Wildman–Crippen MR) is 71.7 cm³/mol. The molecule has 0 saturated carbocycles. The van der Waals surface area contributed by atoms with Crippen LogP contribution in [0.4, 0.5) is 0 Å². The lowest BCUT2D eigenvalue weighted by Gasteiger charge is -2.15. The third-order valence-corrected chi connectivity index (χ3v) is 3.31. The van der Waals surface area contributed by atoms with Crippen molar-refractivity contribution in [2.24, 2.45) is 0 Å². The largest absolute Gasteiger partial charge is 0.384 e. The molecule has 17 heavy (non-hydrogen) atoms. The Hall–Kier alpha value is -1.02. The van der Waals surface area contributed by atoms with Crippen LogP contribution in [0.3, 0.4) is 0 Å². The minimum absolute atomic E-state index is 0.555. The van der Waals surface area contributed by atoms with Crippen LogP contribution in [-0.2, 0) is 0 Å². The zero-order chi connectivity index (χ0) is 12.4. The van der Waals surface area contributed by atoms with Crippen molar-refractivity contribution in [2.75, 3.05) is 0 Å². The van der Waals surface area contributed by atoms with E-state index in [1.807, 2.05) is 31.2 Å². The quantitative estimate of drug-likeness (QED) is 0.855. The van der Waals surface area contributed by atoms with Gasteiger partial charge in [-0.25, -0.2) is 0 Å². The van der Waals surface area contributed by atoms with E-state index >= 15 is 0 Å². The van der Waals surface area contributed by atoms with Crippen molar-refractivity contribution < 1.29 is 5.11 Å². The molecule has 0 bridgehead atoms. The van der Waals surface area contributed by atoms with Gasteiger partial charge in [0.25, 0.3) is 0 Å². The number of aliphatic hydroxyl groups is 1. The predicted octanol–water partition coefficient (Wildman–Crippen LogP) is 4.38. The number of halogens is 2. The Labute approximate surface area is 111 Å². The zero-order valence-electron chi connectivity index (χ0n) is 9.32. The SMILES string of the molecule is Cc1ccc(Cl)cc1C(O)c1ccccc1Cl. The van der Waals surface area contributed by atoms with E-state index in [1.54, 1.807) is 18.2 Å². The standard InChI is InChI=1S/C14H12Cl2O/c1-9-6-7-10(15)8-12(9)14(17)11-4-2-3-5-13(11)16/h2-8,14,17H,1H3. The molecule has 0 heterocycles. The van der Waals surface area contributed by atoms with Crippen LogP contribution in [-0.4, -0.2) is 5.11 Å². The van der Waals surface area contributed by atoms with E-state index in [-0.39, 0.29) is 0 Å². The van der Waals surface area contributed by atoms with Crippen LogP contribution in [0.5, 0.6) is 0 Å². The maximum atomic E-state index is 10.3. The molecule has 0 spiro atoms. The Morgan fingerprint density at radius 3 is 2.41 bits per heavy atom. The first-order valence-corrected chi connectivity index (χ1v) is 6.03. The third kappa shape index (κ3) is 2.63. The Balaban J connectivity index is 2.47. The number of hydrogen-bond donors (Lipinski definition) is 1. The second kappa shape index (κ2) is 5.09. The van der Waals surface area contributed by atoms with Crippen molar-refractivity contribution in [3.05, 3.63) is 69.2 Å². The Bertz CT molecular complexity index is 537. The van der Waals surface area contributed by atoms with Gasteiger partial charge < -0.3 is 5.11 Å². The van der Waals surface area contributed by atoms with E-state index < -0.39 is 6.10 Å². The van der Waals surface area contributed by atoms with E-state index in [0.717, 1.165) is 11.1 Å². The minimum Gasteiger partial charge on any atom is -0.384 e. The van der Waals surface area contributed by atoms with Gasteiger partial charge in [-0.1, -0.05) is 47.5 Å². The second-order valence-electron chi connectivity index (χ2n) is 3.92. The molecule has 1 atom stereocenters.